The van der Waals surface area contributed by atoms with Gasteiger partial charge in [-0.05, 0) is 38.0 Å². The molecule has 0 aromatic carbocycles. The van der Waals surface area contributed by atoms with Crippen molar-refractivity contribution < 1.29 is 19.2 Å². The number of aromatic nitrogens is 1. The molecule has 0 amide bonds. The van der Waals surface area contributed by atoms with E-state index in [0.29, 0.717) is 12.0 Å². The quantitative estimate of drug-likeness (QED) is 0.481. The van der Waals surface area contributed by atoms with Gasteiger partial charge in [0, 0.05) is 12.6 Å². The van der Waals surface area contributed by atoms with E-state index in [1.54, 1.807) is 19.9 Å². The number of pyridine rings is 1. The number of rotatable bonds is 4. The third-order valence-electron chi connectivity index (χ3n) is 5.89. The van der Waals surface area contributed by atoms with Crippen LogP contribution in [-0.2, 0) is 9.16 Å². The molecule has 8 heteroatoms. The van der Waals surface area contributed by atoms with Crippen molar-refractivity contribution in [2.75, 3.05) is 0 Å². The van der Waals surface area contributed by atoms with Gasteiger partial charge < -0.3 is 14.3 Å². The molecule has 1 fully saturated rings. The predicted octanol–water partition coefficient (Wildman–Crippen LogP) is 3.98. The van der Waals surface area contributed by atoms with Crippen LogP contribution < -0.4 is 0 Å². The fourth-order valence-corrected chi connectivity index (χ4v) is 4.26. The van der Waals surface area contributed by atoms with Crippen LogP contribution >= 0.6 is 0 Å². The molecule has 0 aliphatic carbocycles. The van der Waals surface area contributed by atoms with Crippen LogP contribution in [-0.4, -0.2) is 41.1 Å². The Morgan fingerprint density at radius 1 is 1.46 bits per heavy atom. The lowest BCUT2D eigenvalue weighted by Crippen LogP contribution is -2.59. The molecular formula is C18H30N2O5Si. The number of ether oxygens (including phenoxy) is 1. The van der Waals surface area contributed by atoms with Crippen molar-refractivity contribution in [1.29, 1.82) is 0 Å². The standard InChI is InChI=1S/C18H30N2O5Si/c1-12-18(5,21)16(25-26(6,7)17(2,3)4)10-15(24-12)13-8-9-19-11-14(13)20(22)23/h8-9,11-12,15-16,21H,10H2,1-7H3. The average molecular weight is 383 g/mol. The predicted molar refractivity (Wildman–Crippen MR) is 101 cm³/mol. The molecule has 4 atom stereocenters. The van der Waals surface area contributed by atoms with E-state index >= 15 is 0 Å². The molecule has 0 radical (unpaired) electrons. The molecule has 1 N–H and O–H groups in total. The summed E-state index contributed by atoms with van der Waals surface area (Å²) in [5.41, 5.74) is -0.776. The molecule has 1 aliphatic rings. The summed E-state index contributed by atoms with van der Waals surface area (Å²) < 4.78 is 12.5. The lowest BCUT2D eigenvalue weighted by molar-refractivity contribution is -0.387. The zero-order valence-corrected chi connectivity index (χ0v) is 17.6. The van der Waals surface area contributed by atoms with Crippen molar-refractivity contribution in [3.63, 3.8) is 0 Å². The van der Waals surface area contributed by atoms with Crippen LogP contribution in [0.2, 0.25) is 18.1 Å². The fourth-order valence-electron chi connectivity index (χ4n) is 2.86. The molecule has 0 saturated carbocycles. The Morgan fingerprint density at radius 3 is 2.62 bits per heavy atom. The molecule has 1 aliphatic heterocycles. The summed E-state index contributed by atoms with van der Waals surface area (Å²) >= 11 is 0. The first kappa shape index (κ1) is 21.0. The van der Waals surface area contributed by atoms with Gasteiger partial charge in [0.15, 0.2) is 8.32 Å². The van der Waals surface area contributed by atoms with E-state index in [1.807, 2.05) is 0 Å². The summed E-state index contributed by atoms with van der Waals surface area (Å²) in [6.45, 7) is 14.2. The minimum atomic E-state index is -2.14. The normalized spacial score (nSPS) is 30.2. The van der Waals surface area contributed by atoms with Crippen LogP contribution in [0, 0.1) is 10.1 Å². The van der Waals surface area contributed by atoms with Gasteiger partial charge in [-0.1, -0.05) is 20.8 Å². The summed E-state index contributed by atoms with van der Waals surface area (Å²) in [6.07, 6.45) is 1.60. The van der Waals surface area contributed by atoms with Crippen molar-refractivity contribution in [3.8, 4) is 0 Å². The molecule has 26 heavy (non-hydrogen) atoms. The highest BCUT2D eigenvalue weighted by molar-refractivity contribution is 6.74. The Morgan fingerprint density at radius 2 is 2.08 bits per heavy atom. The van der Waals surface area contributed by atoms with Crippen LogP contribution in [0.4, 0.5) is 5.69 Å². The average Bonchev–Trinajstić information content (AvgIpc) is 2.50. The Balaban J connectivity index is 2.36. The highest BCUT2D eigenvalue weighted by Gasteiger charge is 2.50. The lowest BCUT2D eigenvalue weighted by atomic mass is 9.84. The fraction of sp³-hybridized carbons (Fsp3) is 0.722. The smallest absolute Gasteiger partial charge is 0.293 e. The van der Waals surface area contributed by atoms with E-state index < -0.39 is 37.2 Å². The first-order chi connectivity index (χ1) is 11.8. The van der Waals surface area contributed by atoms with Gasteiger partial charge in [0.1, 0.15) is 11.8 Å². The van der Waals surface area contributed by atoms with E-state index in [1.165, 1.54) is 12.4 Å². The number of hydrogen-bond acceptors (Lipinski definition) is 6. The second-order valence-corrected chi connectivity index (χ2v) is 13.5. The molecule has 2 rings (SSSR count). The molecule has 1 aromatic rings. The Labute approximate surface area is 156 Å². The van der Waals surface area contributed by atoms with Gasteiger partial charge in [0.25, 0.3) is 5.69 Å². The van der Waals surface area contributed by atoms with Gasteiger partial charge in [-0.15, -0.1) is 0 Å². The van der Waals surface area contributed by atoms with Crippen LogP contribution in [0.3, 0.4) is 0 Å². The zero-order valence-electron chi connectivity index (χ0n) is 16.6. The summed E-state index contributed by atoms with van der Waals surface area (Å²) in [5.74, 6) is 0. The molecule has 0 bridgehead atoms. The van der Waals surface area contributed by atoms with Gasteiger partial charge in [0.05, 0.1) is 28.8 Å². The van der Waals surface area contributed by atoms with Crippen molar-refractivity contribution in [2.45, 2.75) is 83.1 Å². The van der Waals surface area contributed by atoms with Crippen LogP contribution in [0.25, 0.3) is 0 Å². The second-order valence-electron chi connectivity index (χ2n) is 8.79. The van der Waals surface area contributed by atoms with E-state index in [9.17, 15) is 15.2 Å². The highest BCUT2D eigenvalue weighted by Crippen LogP contribution is 2.45. The second kappa shape index (κ2) is 6.99. The third kappa shape index (κ3) is 3.98. The summed E-state index contributed by atoms with van der Waals surface area (Å²) in [7, 11) is -2.14. The van der Waals surface area contributed by atoms with E-state index in [-0.39, 0.29) is 10.7 Å². The molecule has 2 heterocycles. The Hall–Kier alpha value is -1.35. The van der Waals surface area contributed by atoms with Crippen LogP contribution in [0.5, 0.6) is 0 Å². The van der Waals surface area contributed by atoms with Crippen molar-refractivity contribution in [2.24, 2.45) is 0 Å². The van der Waals surface area contributed by atoms with Gasteiger partial charge in [-0.2, -0.15) is 0 Å². The third-order valence-corrected chi connectivity index (χ3v) is 10.4. The largest absolute Gasteiger partial charge is 0.411 e. The minimum Gasteiger partial charge on any atom is -0.411 e. The minimum absolute atomic E-state index is 0.0111. The molecule has 1 aromatic heterocycles. The number of hydrogen-bond donors (Lipinski definition) is 1. The molecule has 0 spiro atoms. The van der Waals surface area contributed by atoms with Gasteiger partial charge in [-0.3, -0.25) is 15.1 Å². The topological polar surface area (TPSA) is 94.7 Å². The van der Waals surface area contributed by atoms with Crippen LogP contribution in [0.1, 0.15) is 52.7 Å². The summed E-state index contributed by atoms with van der Waals surface area (Å²) in [6, 6.07) is 1.61. The first-order valence-corrected chi connectivity index (χ1v) is 11.8. The van der Waals surface area contributed by atoms with Crippen LogP contribution in [0.15, 0.2) is 18.5 Å². The monoisotopic (exact) mass is 382 g/mol. The molecule has 146 valence electrons. The molecular weight excluding hydrogens is 352 g/mol. The van der Waals surface area contributed by atoms with E-state index in [0.717, 1.165) is 0 Å². The Bertz CT molecular complexity index is 672. The SMILES string of the molecule is CC1OC(c2ccncc2[N+](=O)[O-])CC(O[Si](C)(C)C(C)(C)C)C1(C)O. The number of aliphatic hydroxyl groups is 1. The van der Waals surface area contributed by atoms with Crippen molar-refractivity contribution in [1.82, 2.24) is 4.98 Å². The zero-order chi connectivity index (χ0) is 19.9. The van der Waals surface area contributed by atoms with Gasteiger partial charge in [-0.25, -0.2) is 0 Å². The van der Waals surface area contributed by atoms with E-state index in [4.69, 9.17) is 9.16 Å². The summed E-state index contributed by atoms with van der Waals surface area (Å²) in [4.78, 5) is 14.7. The van der Waals surface area contributed by atoms with Gasteiger partial charge >= 0.3 is 0 Å². The molecule has 4 unspecified atom stereocenters. The Kier molecular flexibility index (Phi) is 5.63. The maximum Gasteiger partial charge on any atom is 0.293 e. The number of nitrogens with zero attached hydrogens (tertiary/aromatic N) is 2. The lowest BCUT2D eigenvalue weighted by Gasteiger charge is -2.49. The highest BCUT2D eigenvalue weighted by atomic mass is 28.4. The maximum atomic E-state index is 11.4. The molecule has 1 saturated heterocycles. The first-order valence-electron chi connectivity index (χ1n) is 8.91. The summed E-state index contributed by atoms with van der Waals surface area (Å²) in [5, 5.41) is 22.3. The molecule has 7 nitrogen and oxygen atoms in total. The maximum absolute atomic E-state index is 11.4. The van der Waals surface area contributed by atoms with Gasteiger partial charge in [0.2, 0.25) is 0 Å². The van der Waals surface area contributed by atoms with Crippen molar-refractivity contribution >= 4 is 14.0 Å². The van der Waals surface area contributed by atoms with E-state index in [2.05, 4.69) is 38.8 Å². The number of nitro groups is 1. The van der Waals surface area contributed by atoms with Crippen molar-refractivity contribution in [3.05, 3.63) is 34.1 Å².